The molecule has 0 radical (unpaired) electrons. The maximum Gasteiger partial charge on any atom is 0.119 e. The van der Waals surface area contributed by atoms with Crippen molar-refractivity contribution in [3.63, 3.8) is 0 Å². The minimum absolute atomic E-state index is 0.872. The second-order valence-electron chi connectivity index (χ2n) is 5.55. The van der Waals surface area contributed by atoms with Gasteiger partial charge in [0.15, 0.2) is 0 Å². The van der Waals surface area contributed by atoms with E-state index in [4.69, 9.17) is 10.5 Å². The Morgan fingerprint density at radius 3 is 2.89 bits per heavy atom. The third kappa shape index (κ3) is 3.87. The standard InChI is InChI=1S/C16H26N2O/c1-3-13-5-4-9-18(10-8-13)12-14-11-15(19-2)6-7-16(14)17/h6-7,11,13H,3-5,8-10,12,17H2,1-2H3. The largest absolute Gasteiger partial charge is 0.497 e. The predicted octanol–water partition coefficient (Wildman–Crippen LogP) is 3.29. The number of benzene rings is 1. The monoisotopic (exact) mass is 262 g/mol. The van der Waals surface area contributed by atoms with Crippen molar-refractivity contribution >= 4 is 5.69 Å². The van der Waals surface area contributed by atoms with Crippen molar-refractivity contribution in [2.45, 2.75) is 39.2 Å². The smallest absolute Gasteiger partial charge is 0.119 e. The van der Waals surface area contributed by atoms with Gasteiger partial charge in [-0.2, -0.15) is 0 Å². The van der Waals surface area contributed by atoms with Crippen LogP contribution in [-0.4, -0.2) is 25.1 Å². The minimum Gasteiger partial charge on any atom is -0.497 e. The third-order valence-electron chi connectivity index (χ3n) is 4.26. The van der Waals surface area contributed by atoms with Gasteiger partial charge in [-0.15, -0.1) is 0 Å². The van der Waals surface area contributed by atoms with Crippen LogP contribution in [0.5, 0.6) is 5.75 Å². The molecule has 1 saturated heterocycles. The van der Waals surface area contributed by atoms with Crippen LogP contribution in [0.25, 0.3) is 0 Å². The van der Waals surface area contributed by atoms with E-state index < -0.39 is 0 Å². The normalized spacial score (nSPS) is 21.1. The molecule has 19 heavy (non-hydrogen) atoms. The summed E-state index contributed by atoms with van der Waals surface area (Å²) in [4.78, 5) is 2.53. The fourth-order valence-corrected chi connectivity index (χ4v) is 2.88. The highest BCUT2D eigenvalue weighted by Gasteiger charge is 2.16. The first-order valence-corrected chi connectivity index (χ1v) is 7.37. The highest BCUT2D eigenvalue weighted by molar-refractivity contribution is 5.50. The van der Waals surface area contributed by atoms with Crippen LogP contribution in [0.2, 0.25) is 0 Å². The van der Waals surface area contributed by atoms with Crippen LogP contribution >= 0.6 is 0 Å². The van der Waals surface area contributed by atoms with Crippen molar-refractivity contribution < 1.29 is 4.74 Å². The lowest BCUT2D eigenvalue weighted by Crippen LogP contribution is -2.24. The molecule has 1 fully saturated rings. The molecule has 0 saturated carbocycles. The molecule has 1 aliphatic rings. The lowest BCUT2D eigenvalue weighted by atomic mass is 9.98. The average Bonchev–Trinajstić information content (AvgIpc) is 2.66. The fourth-order valence-electron chi connectivity index (χ4n) is 2.88. The molecule has 3 heteroatoms. The number of methoxy groups -OCH3 is 1. The van der Waals surface area contributed by atoms with Gasteiger partial charge in [-0.25, -0.2) is 0 Å². The molecule has 0 spiro atoms. The van der Waals surface area contributed by atoms with Crippen LogP contribution in [0.15, 0.2) is 18.2 Å². The Labute approximate surface area is 116 Å². The summed E-state index contributed by atoms with van der Waals surface area (Å²) in [6, 6.07) is 5.94. The van der Waals surface area contributed by atoms with Gasteiger partial charge in [-0.05, 0) is 62.0 Å². The zero-order chi connectivity index (χ0) is 13.7. The van der Waals surface area contributed by atoms with Crippen LogP contribution in [0.4, 0.5) is 5.69 Å². The van der Waals surface area contributed by atoms with E-state index in [9.17, 15) is 0 Å². The lowest BCUT2D eigenvalue weighted by molar-refractivity contribution is 0.272. The molecule has 106 valence electrons. The first-order chi connectivity index (χ1) is 9.22. The number of hydrogen-bond acceptors (Lipinski definition) is 3. The molecular weight excluding hydrogens is 236 g/mol. The Kier molecular flexibility index (Phi) is 5.08. The average molecular weight is 262 g/mol. The van der Waals surface area contributed by atoms with Crippen LogP contribution in [0.3, 0.4) is 0 Å². The van der Waals surface area contributed by atoms with Crippen molar-refractivity contribution in [3.8, 4) is 5.75 Å². The van der Waals surface area contributed by atoms with E-state index in [1.165, 1.54) is 44.3 Å². The molecule has 3 nitrogen and oxygen atoms in total. The number of anilines is 1. The summed E-state index contributed by atoms with van der Waals surface area (Å²) < 4.78 is 5.28. The number of nitrogens with two attached hydrogens (primary N) is 1. The SMILES string of the molecule is CCC1CCCN(Cc2cc(OC)ccc2N)CC1. The van der Waals surface area contributed by atoms with Gasteiger partial charge in [0.05, 0.1) is 7.11 Å². The number of likely N-dealkylation sites (tertiary alicyclic amines) is 1. The summed E-state index contributed by atoms with van der Waals surface area (Å²) in [7, 11) is 1.70. The summed E-state index contributed by atoms with van der Waals surface area (Å²) in [6.07, 6.45) is 5.32. The van der Waals surface area contributed by atoms with E-state index in [1.807, 2.05) is 12.1 Å². The molecule has 0 aliphatic carbocycles. The van der Waals surface area contributed by atoms with E-state index in [1.54, 1.807) is 7.11 Å². The second kappa shape index (κ2) is 6.80. The van der Waals surface area contributed by atoms with Gasteiger partial charge in [0, 0.05) is 12.2 Å². The van der Waals surface area contributed by atoms with Crippen LogP contribution in [-0.2, 0) is 6.54 Å². The van der Waals surface area contributed by atoms with E-state index in [2.05, 4.69) is 17.9 Å². The number of nitrogen functional groups attached to an aromatic ring is 1. The van der Waals surface area contributed by atoms with Crippen molar-refractivity contribution in [3.05, 3.63) is 23.8 Å². The molecule has 0 bridgehead atoms. The topological polar surface area (TPSA) is 38.5 Å². The molecule has 2 N–H and O–H groups in total. The van der Waals surface area contributed by atoms with Crippen molar-refractivity contribution in [2.75, 3.05) is 25.9 Å². The molecule has 1 aromatic rings. The summed E-state index contributed by atoms with van der Waals surface area (Å²) in [5.74, 6) is 1.80. The van der Waals surface area contributed by atoms with Crippen molar-refractivity contribution in [2.24, 2.45) is 5.92 Å². The minimum atomic E-state index is 0.872. The van der Waals surface area contributed by atoms with Crippen molar-refractivity contribution in [1.29, 1.82) is 0 Å². The molecule has 1 heterocycles. The molecular formula is C16H26N2O. The Balaban J connectivity index is 2.00. The molecule has 0 amide bonds. The first-order valence-electron chi connectivity index (χ1n) is 7.37. The molecule has 1 atom stereocenters. The van der Waals surface area contributed by atoms with Crippen LogP contribution in [0.1, 0.15) is 38.2 Å². The maximum absolute atomic E-state index is 6.07. The molecule has 1 aliphatic heterocycles. The number of ether oxygens (including phenoxy) is 1. The highest BCUT2D eigenvalue weighted by Crippen LogP contribution is 2.24. The predicted molar refractivity (Wildman–Crippen MR) is 80.3 cm³/mol. The van der Waals surface area contributed by atoms with E-state index in [-0.39, 0.29) is 0 Å². The van der Waals surface area contributed by atoms with Crippen LogP contribution in [0, 0.1) is 5.92 Å². The summed E-state index contributed by atoms with van der Waals surface area (Å²) in [6.45, 7) is 5.63. The van der Waals surface area contributed by atoms with Gasteiger partial charge in [0.2, 0.25) is 0 Å². The van der Waals surface area contributed by atoms with Gasteiger partial charge in [0.25, 0.3) is 0 Å². The number of rotatable bonds is 4. The lowest BCUT2D eigenvalue weighted by Gasteiger charge is -2.21. The Morgan fingerprint density at radius 2 is 2.16 bits per heavy atom. The quantitative estimate of drug-likeness (QED) is 0.846. The van der Waals surface area contributed by atoms with E-state index in [0.29, 0.717) is 0 Å². The van der Waals surface area contributed by atoms with E-state index in [0.717, 1.165) is 23.9 Å². The summed E-state index contributed by atoms with van der Waals surface area (Å²) in [5.41, 5.74) is 8.13. The number of hydrogen-bond donors (Lipinski definition) is 1. The Morgan fingerprint density at radius 1 is 1.32 bits per heavy atom. The van der Waals surface area contributed by atoms with Gasteiger partial charge >= 0.3 is 0 Å². The molecule has 0 aromatic heterocycles. The Bertz CT molecular complexity index is 406. The Hall–Kier alpha value is -1.22. The fraction of sp³-hybridized carbons (Fsp3) is 0.625. The third-order valence-corrected chi connectivity index (χ3v) is 4.26. The van der Waals surface area contributed by atoms with Crippen molar-refractivity contribution in [1.82, 2.24) is 4.90 Å². The van der Waals surface area contributed by atoms with Gasteiger partial charge in [0.1, 0.15) is 5.75 Å². The molecule has 1 unspecified atom stereocenters. The van der Waals surface area contributed by atoms with Gasteiger partial charge in [-0.1, -0.05) is 13.3 Å². The van der Waals surface area contributed by atoms with Gasteiger partial charge < -0.3 is 10.5 Å². The zero-order valence-electron chi connectivity index (χ0n) is 12.2. The summed E-state index contributed by atoms with van der Waals surface area (Å²) >= 11 is 0. The van der Waals surface area contributed by atoms with E-state index >= 15 is 0 Å². The zero-order valence-corrected chi connectivity index (χ0v) is 12.2. The first kappa shape index (κ1) is 14.2. The molecule has 2 rings (SSSR count). The molecule has 1 aromatic carbocycles. The van der Waals surface area contributed by atoms with Crippen LogP contribution < -0.4 is 10.5 Å². The van der Waals surface area contributed by atoms with Gasteiger partial charge in [-0.3, -0.25) is 4.90 Å². The number of nitrogens with zero attached hydrogens (tertiary/aromatic N) is 1. The highest BCUT2D eigenvalue weighted by atomic mass is 16.5. The second-order valence-corrected chi connectivity index (χ2v) is 5.55. The summed E-state index contributed by atoms with van der Waals surface area (Å²) in [5, 5.41) is 0. The maximum atomic E-state index is 6.07.